The Balaban J connectivity index is 0.000000371. The molecule has 0 radical (unpaired) electrons. The van der Waals surface area contributed by atoms with Crippen LogP contribution in [-0.2, 0) is 0 Å². The largest absolute Gasteiger partial charge is 0.400 e. The van der Waals surface area contributed by atoms with Crippen molar-refractivity contribution in [3.05, 3.63) is 0 Å². The van der Waals surface area contributed by atoms with Gasteiger partial charge in [0.15, 0.2) is 0 Å². The van der Waals surface area contributed by atoms with Crippen molar-refractivity contribution in [2.24, 2.45) is 0 Å². The normalized spacial score (nSPS) is 22.8. The maximum absolute atomic E-state index is 7.00. The second kappa shape index (κ2) is 4.69. The summed E-state index contributed by atoms with van der Waals surface area (Å²) in [6.45, 7) is 5.76. The molecule has 1 rings (SSSR count). The van der Waals surface area contributed by atoms with E-state index in [1.165, 1.54) is 25.8 Å². The third kappa shape index (κ3) is 3.85. The van der Waals surface area contributed by atoms with E-state index in [0.29, 0.717) is 5.54 Å². The van der Waals surface area contributed by atoms with Gasteiger partial charge >= 0.3 is 0 Å². The maximum atomic E-state index is 7.00. The molecule has 0 spiro atoms. The Morgan fingerprint density at radius 2 is 1.80 bits per heavy atom. The Morgan fingerprint density at radius 1 is 1.20 bits per heavy atom. The monoisotopic (exact) mass is 145 g/mol. The van der Waals surface area contributed by atoms with Crippen LogP contribution in [0.4, 0.5) is 0 Å². The van der Waals surface area contributed by atoms with E-state index in [-0.39, 0.29) is 0 Å². The van der Waals surface area contributed by atoms with Crippen LogP contribution in [0.2, 0.25) is 0 Å². The summed E-state index contributed by atoms with van der Waals surface area (Å²) in [5.74, 6) is 0. The zero-order chi connectivity index (χ0) is 8.04. The summed E-state index contributed by atoms with van der Waals surface area (Å²) >= 11 is 0. The van der Waals surface area contributed by atoms with Crippen molar-refractivity contribution in [3.8, 4) is 0 Å². The fraction of sp³-hybridized carbons (Fsp3) is 1.00. The summed E-state index contributed by atoms with van der Waals surface area (Å²) in [4.78, 5) is 0. The summed E-state index contributed by atoms with van der Waals surface area (Å²) in [5, 5.41) is 10.5. The molecule has 2 heteroatoms. The standard InChI is InChI=1S/C7H15N.CH4O/c1-7(2)5-3-4-6-8-7;1-2/h8H,3-6H2,1-2H3;2H,1H3. The highest BCUT2D eigenvalue weighted by Gasteiger charge is 2.18. The first-order chi connectivity index (χ1) is 4.71. The molecule has 0 saturated carbocycles. The average Bonchev–Trinajstić information content (AvgIpc) is 1.92. The lowest BCUT2D eigenvalue weighted by Gasteiger charge is -2.30. The highest BCUT2D eigenvalue weighted by atomic mass is 16.2. The molecule has 0 aromatic carbocycles. The van der Waals surface area contributed by atoms with E-state index in [2.05, 4.69) is 19.2 Å². The molecule has 0 aliphatic carbocycles. The van der Waals surface area contributed by atoms with E-state index < -0.39 is 0 Å². The van der Waals surface area contributed by atoms with Crippen molar-refractivity contribution in [1.29, 1.82) is 0 Å². The van der Waals surface area contributed by atoms with Crippen LogP contribution >= 0.6 is 0 Å². The van der Waals surface area contributed by atoms with Gasteiger partial charge in [0, 0.05) is 12.6 Å². The Bertz CT molecular complexity index is 73.3. The lowest BCUT2D eigenvalue weighted by Crippen LogP contribution is -2.42. The van der Waals surface area contributed by atoms with Gasteiger partial charge in [-0.1, -0.05) is 6.42 Å². The Hall–Kier alpha value is -0.0800. The van der Waals surface area contributed by atoms with Gasteiger partial charge in [0.2, 0.25) is 0 Å². The van der Waals surface area contributed by atoms with Crippen LogP contribution in [0.25, 0.3) is 0 Å². The minimum atomic E-state index is 0.429. The average molecular weight is 145 g/mol. The van der Waals surface area contributed by atoms with Gasteiger partial charge in [0.1, 0.15) is 0 Å². The van der Waals surface area contributed by atoms with Crippen molar-refractivity contribution in [3.63, 3.8) is 0 Å². The van der Waals surface area contributed by atoms with Gasteiger partial charge < -0.3 is 10.4 Å². The highest BCUT2D eigenvalue weighted by Crippen LogP contribution is 2.16. The maximum Gasteiger partial charge on any atom is 0.0319 e. The molecule has 1 aliphatic rings. The van der Waals surface area contributed by atoms with Gasteiger partial charge in [-0.15, -0.1) is 0 Å². The number of piperidine rings is 1. The minimum absolute atomic E-state index is 0.429. The van der Waals surface area contributed by atoms with Crippen LogP contribution in [0.5, 0.6) is 0 Å². The third-order valence-electron chi connectivity index (χ3n) is 1.83. The topological polar surface area (TPSA) is 32.3 Å². The lowest BCUT2D eigenvalue weighted by molar-refractivity contribution is 0.304. The van der Waals surface area contributed by atoms with Gasteiger partial charge in [-0.2, -0.15) is 0 Å². The molecule has 0 unspecified atom stereocenters. The van der Waals surface area contributed by atoms with Gasteiger partial charge in [-0.25, -0.2) is 0 Å². The first-order valence-electron chi connectivity index (χ1n) is 3.90. The molecule has 0 atom stereocenters. The Labute approximate surface area is 63.6 Å². The fourth-order valence-corrected chi connectivity index (χ4v) is 1.21. The molecular weight excluding hydrogens is 126 g/mol. The number of rotatable bonds is 0. The van der Waals surface area contributed by atoms with Crippen molar-refractivity contribution in [1.82, 2.24) is 5.32 Å². The van der Waals surface area contributed by atoms with Crippen molar-refractivity contribution in [2.45, 2.75) is 38.6 Å². The van der Waals surface area contributed by atoms with Crippen LogP contribution in [0.15, 0.2) is 0 Å². The van der Waals surface area contributed by atoms with Crippen LogP contribution in [0.3, 0.4) is 0 Å². The zero-order valence-corrected chi connectivity index (χ0v) is 7.28. The molecule has 1 fully saturated rings. The Kier molecular flexibility index (Phi) is 4.65. The number of aliphatic hydroxyl groups excluding tert-OH is 1. The van der Waals surface area contributed by atoms with Gasteiger partial charge in [0.25, 0.3) is 0 Å². The summed E-state index contributed by atoms with van der Waals surface area (Å²) in [6.07, 6.45) is 4.11. The summed E-state index contributed by atoms with van der Waals surface area (Å²) in [6, 6.07) is 0. The Morgan fingerprint density at radius 3 is 2.00 bits per heavy atom. The first kappa shape index (κ1) is 9.92. The van der Waals surface area contributed by atoms with E-state index in [1.807, 2.05) is 0 Å². The molecule has 0 aromatic rings. The fourth-order valence-electron chi connectivity index (χ4n) is 1.21. The summed E-state index contributed by atoms with van der Waals surface area (Å²) in [7, 11) is 1.00. The SMILES string of the molecule is CC1(C)CCCCN1.CO. The molecule has 62 valence electrons. The van der Waals surface area contributed by atoms with Crippen LogP contribution < -0.4 is 5.32 Å². The van der Waals surface area contributed by atoms with E-state index in [0.717, 1.165) is 7.11 Å². The molecular formula is C8H19NO. The minimum Gasteiger partial charge on any atom is -0.400 e. The molecule has 0 bridgehead atoms. The molecule has 10 heavy (non-hydrogen) atoms. The highest BCUT2D eigenvalue weighted by molar-refractivity contribution is 4.80. The van der Waals surface area contributed by atoms with Crippen molar-refractivity contribution < 1.29 is 5.11 Å². The van der Waals surface area contributed by atoms with E-state index in [1.54, 1.807) is 0 Å². The molecule has 2 N–H and O–H groups in total. The van der Waals surface area contributed by atoms with Crippen molar-refractivity contribution >= 4 is 0 Å². The van der Waals surface area contributed by atoms with E-state index in [4.69, 9.17) is 5.11 Å². The summed E-state index contributed by atoms with van der Waals surface area (Å²) in [5.41, 5.74) is 0.429. The second-order valence-corrected chi connectivity index (χ2v) is 3.27. The predicted molar refractivity (Wildman–Crippen MR) is 44.1 cm³/mol. The van der Waals surface area contributed by atoms with Gasteiger partial charge in [-0.05, 0) is 33.2 Å². The predicted octanol–water partition coefficient (Wildman–Crippen LogP) is 1.15. The lowest BCUT2D eigenvalue weighted by atomic mass is 9.93. The van der Waals surface area contributed by atoms with Crippen LogP contribution in [0, 0.1) is 0 Å². The van der Waals surface area contributed by atoms with Gasteiger partial charge in [0.05, 0.1) is 0 Å². The number of aliphatic hydroxyl groups is 1. The molecule has 0 amide bonds. The molecule has 1 saturated heterocycles. The molecule has 2 nitrogen and oxygen atoms in total. The van der Waals surface area contributed by atoms with E-state index >= 15 is 0 Å². The summed E-state index contributed by atoms with van der Waals surface area (Å²) < 4.78 is 0. The number of hydrogen-bond acceptors (Lipinski definition) is 2. The van der Waals surface area contributed by atoms with Crippen LogP contribution in [-0.4, -0.2) is 24.3 Å². The zero-order valence-electron chi connectivity index (χ0n) is 7.28. The number of nitrogens with one attached hydrogen (secondary N) is 1. The quantitative estimate of drug-likeness (QED) is 0.536. The van der Waals surface area contributed by atoms with Crippen molar-refractivity contribution in [2.75, 3.05) is 13.7 Å². The molecule has 1 aliphatic heterocycles. The van der Waals surface area contributed by atoms with Gasteiger partial charge in [-0.3, -0.25) is 0 Å². The first-order valence-corrected chi connectivity index (χ1v) is 3.90. The number of hydrogen-bond donors (Lipinski definition) is 2. The third-order valence-corrected chi connectivity index (χ3v) is 1.83. The smallest absolute Gasteiger partial charge is 0.0319 e. The molecule has 1 heterocycles. The molecule has 0 aromatic heterocycles. The van der Waals surface area contributed by atoms with E-state index in [9.17, 15) is 0 Å². The second-order valence-electron chi connectivity index (χ2n) is 3.27. The van der Waals surface area contributed by atoms with Crippen LogP contribution in [0.1, 0.15) is 33.1 Å².